The van der Waals surface area contributed by atoms with Crippen LogP contribution in [-0.4, -0.2) is 12.1 Å². The molecule has 32 heavy (non-hydrogen) atoms. The monoisotopic (exact) mass is 442 g/mol. The van der Waals surface area contributed by atoms with Gasteiger partial charge in [-0.05, 0) is 104 Å². The lowest BCUT2D eigenvalue weighted by molar-refractivity contribution is -0.152. The third-order valence-electron chi connectivity index (χ3n) is 11.3. The first-order chi connectivity index (χ1) is 15.1. The molecular formula is C30H50O2. The van der Waals surface area contributed by atoms with Crippen molar-refractivity contribution in [2.24, 2.45) is 52.3 Å². The number of rotatable bonds is 6. The highest BCUT2D eigenvalue weighted by molar-refractivity contribution is 5.66. The lowest BCUT2D eigenvalue weighted by Gasteiger charge is -2.58. The van der Waals surface area contributed by atoms with Crippen molar-refractivity contribution in [2.75, 3.05) is 0 Å². The summed E-state index contributed by atoms with van der Waals surface area (Å²) in [6.45, 7) is 16.6. The summed E-state index contributed by atoms with van der Waals surface area (Å²) in [6.07, 6.45) is 15.9. The van der Waals surface area contributed by atoms with E-state index in [4.69, 9.17) is 4.74 Å². The second-order valence-electron chi connectivity index (χ2n) is 13.3. The molecule has 4 aliphatic rings. The lowest BCUT2D eigenvalue weighted by atomic mass is 9.47. The molecule has 0 amide bonds. The summed E-state index contributed by atoms with van der Waals surface area (Å²) < 4.78 is 5.64. The Kier molecular flexibility index (Phi) is 6.92. The minimum Gasteiger partial charge on any atom is -0.463 e. The topological polar surface area (TPSA) is 26.3 Å². The van der Waals surface area contributed by atoms with Crippen molar-refractivity contribution in [1.29, 1.82) is 0 Å². The molecule has 0 aliphatic heterocycles. The summed E-state index contributed by atoms with van der Waals surface area (Å²) in [7, 11) is 0. The molecule has 182 valence electrons. The Morgan fingerprint density at radius 2 is 1.69 bits per heavy atom. The van der Waals surface area contributed by atoms with Crippen LogP contribution in [0.5, 0.6) is 0 Å². The molecule has 2 heteroatoms. The van der Waals surface area contributed by atoms with Crippen LogP contribution >= 0.6 is 0 Å². The molecule has 4 rings (SSSR count). The molecule has 0 saturated heterocycles. The fourth-order valence-electron chi connectivity index (χ4n) is 8.85. The van der Waals surface area contributed by atoms with Crippen molar-refractivity contribution in [2.45, 2.75) is 119 Å². The Hall–Kier alpha value is -0.790. The quantitative estimate of drug-likeness (QED) is 0.306. The first-order valence-corrected chi connectivity index (χ1v) is 13.9. The van der Waals surface area contributed by atoms with Crippen LogP contribution in [0.25, 0.3) is 0 Å². The molecule has 0 aromatic rings. The number of allylic oxidation sites excluding steroid dienone is 2. The van der Waals surface area contributed by atoms with Crippen LogP contribution in [0.4, 0.5) is 0 Å². The minimum absolute atomic E-state index is 0.104. The van der Waals surface area contributed by atoms with Gasteiger partial charge in [-0.15, -0.1) is 0 Å². The van der Waals surface area contributed by atoms with Crippen LogP contribution < -0.4 is 0 Å². The average molecular weight is 443 g/mol. The molecule has 0 radical (unpaired) electrons. The van der Waals surface area contributed by atoms with Crippen molar-refractivity contribution in [3.05, 3.63) is 11.6 Å². The lowest BCUT2D eigenvalue weighted by Crippen LogP contribution is -2.50. The van der Waals surface area contributed by atoms with E-state index in [0.717, 1.165) is 48.3 Å². The maximum absolute atomic E-state index is 11.5. The standard InChI is InChI=1S/C30H50O2/c1-19(2)20(3)8-9-21(4)26-12-13-27-25-11-10-23-18-24(32-22(5)31)14-16-29(23,6)28(25)15-17-30(26,27)7/h11,19-21,23-24,26-28H,8-10,12-18H2,1-7H3/t20-,21+,23?,24?,26+,27-,28-,29-,30+/m0/s1. The van der Waals surface area contributed by atoms with E-state index >= 15 is 0 Å². The van der Waals surface area contributed by atoms with Gasteiger partial charge in [0.25, 0.3) is 0 Å². The smallest absolute Gasteiger partial charge is 0.302 e. The number of esters is 1. The highest BCUT2D eigenvalue weighted by atomic mass is 16.5. The largest absolute Gasteiger partial charge is 0.463 e. The molecule has 0 N–H and O–H groups in total. The van der Waals surface area contributed by atoms with Crippen molar-refractivity contribution in [3.8, 4) is 0 Å². The maximum Gasteiger partial charge on any atom is 0.302 e. The molecule has 0 bridgehead atoms. The van der Waals surface area contributed by atoms with Crippen LogP contribution in [0.15, 0.2) is 11.6 Å². The number of hydrogen-bond donors (Lipinski definition) is 0. The van der Waals surface area contributed by atoms with Crippen LogP contribution in [0.3, 0.4) is 0 Å². The summed E-state index contributed by atoms with van der Waals surface area (Å²) in [5.41, 5.74) is 2.79. The molecule has 0 heterocycles. The van der Waals surface area contributed by atoms with Crippen molar-refractivity contribution < 1.29 is 9.53 Å². The molecular weight excluding hydrogens is 392 g/mol. The first kappa shape index (κ1) is 24.3. The first-order valence-electron chi connectivity index (χ1n) is 13.9. The van der Waals surface area contributed by atoms with Crippen LogP contribution in [0, 0.1) is 52.3 Å². The zero-order valence-electron chi connectivity index (χ0n) is 22.1. The Labute approximate surface area is 198 Å². The molecule has 0 spiro atoms. The predicted molar refractivity (Wildman–Crippen MR) is 133 cm³/mol. The normalized spacial score (nSPS) is 43.0. The van der Waals surface area contributed by atoms with Gasteiger partial charge in [-0.2, -0.15) is 0 Å². The van der Waals surface area contributed by atoms with E-state index in [2.05, 4.69) is 47.6 Å². The van der Waals surface area contributed by atoms with Gasteiger partial charge >= 0.3 is 5.97 Å². The minimum atomic E-state index is -0.104. The molecule has 4 aliphatic carbocycles. The van der Waals surface area contributed by atoms with Gasteiger partial charge < -0.3 is 4.74 Å². The van der Waals surface area contributed by atoms with Crippen molar-refractivity contribution in [1.82, 2.24) is 0 Å². The van der Waals surface area contributed by atoms with E-state index in [1.807, 2.05) is 5.57 Å². The van der Waals surface area contributed by atoms with Gasteiger partial charge in [-0.1, -0.05) is 66.0 Å². The summed E-state index contributed by atoms with van der Waals surface area (Å²) in [4.78, 5) is 11.5. The van der Waals surface area contributed by atoms with E-state index in [1.165, 1.54) is 51.4 Å². The molecule has 0 aromatic carbocycles. The van der Waals surface area contributed by atoms with Crippen LogP contribution in [-0.2, 0) is 9.53 Å². The summed E-state index contributed by atoms with van der Waals surface area (Å²) in [5.74, 6) is 5.58. The predicted octanol–water partition coefficient (Wildman–Crippen LogP) is 8.21. The SMILES string of the molecule is CC(=O)OC1CC[C@@]2(C)C(CC=C3[C@@H]4CC[C@H]([C@H](C)CC[C@H](C)C(C)C)[C@@]4(C)CC[C@@H]32)C1. The number of carbonyl (C=O) groups excluding carboxylic acids is 1. The molecule has 2 nitrogen and oxygen atoms in total. The summed E-state index contributed by atoms with van der Waals surface area (Å²) >= 11 is 0. The van der Waals surface area contributed by atoms with E-state index in [-0.39, 0.29) is 12.1 Å². The van der Waals surface area contributed by atoms with Crippen LogP contribution in [0.2, 0.25) is 0 Å². The van der Waals surface area contributed by atoms with Gasteiger partial charge in [0.2, 0.25) is 0 Å². The zero-order chi connectivity index (χ0) is 23.3. The molecule has 3 fully saturated rings. The summed E-state index contributed by atoms with van der Waals surface area (Å²) in [5, 5.41) is 0. The Morgan fingerprint density at radius 1 is 1.00 bits per heavy atom. The molecule has 3 saturated carbocycles. The van der Waals surface area contributed by atoms with E-state index in [0.29, 0.717) is 16.7 Å². The molecule has 2 unspecified atom stereocenters. The number of ether oxygens (including phenoxy) is 1. The van der Waals surface area contributed by atoms with E-state index < -0.39 is 0 Å². The van der Waals surface area contributed by atoms with E-state index in [1.54, 1.807) is 6.92 Å². The number of carbonyl (C=O) groups is 1. The Bertz CT molecular complexity index is 722. The summed E-state index contributed by atoms with van der Waals surface area (Å²) in [6, 6.07) is 0. The highest BCUT2D eigenvalue weighted by Crippen LogP contribution is 2.67. The Balaban J connectivity index is 1.47. The average Bonchev–Trinajstić information content (AvgIpc) is 3.08. The van der Waals surface area contributed by atoms with Crippen molar-refractivity contribution >= 4 is 5.97 Å². The van der Waals surface area contributed by atoms with Gasteiger partial charge in [0.15, 0.2) is 0 Å². The van der Waals surface area contributed by atoms with E-state index in [9.17, 15) is 4.79 Å². The number of hydrogen-bond acceptors (Lipinski definition) is 2. The van der Waals surface area contributed by atoms with Gasteiger partial charge in [0, 0.05) is 6.92 Å². The molecule has 0 aromatic heterocycles. The number of fused-ring (bicyclic) bond motifs is 5. The Morgan fingerprint density at radius 3 is 2.38 bits per heavy atom. The third kappa shape index (κ3) is 4.22. The fourth-order valence-corrected chi connectivity index (χ4v) is 8.85. The van der Waals surface area contributed by atoms with Crippen molar-refractivity contribution in [3.63, 3.8) is 0 Å². The highest BCUT2D eigenvalue weighted by Gasteiger charge is 2.58. The van der Waals surface area contributed by atoms with Crippen LogP contribution in [0.1, 0.15) is 113 Å². The second-order valence-corrected chi connectivity index (χ2v) is 13.3. The van der Waals surface area contributed by atoms with Gasteiger partial charge in [0.1, 0.15) is 6.10 Å². The van der Waals surface area contributed by atoms with Gasteiger partial charge in [-0.25, -0.2) is 0 Å². The van der Waals surface area contributed by atoms with Gasteiger partial charge in [-0.3, -0.25) is 4.79 Å². The maximum atomic E-state index is 11.5. The fraction of sp³-hybridized carbons (Fsp3) is 0.900. The van der Waals surface area contributed by atoms with Gasteiger partial charge in [0.05, 0.1) is 0 Å². The third-order valence-corrected chi connectivity index (χ3v) is 11.3. The molecule has 9 atom stereocenters. The second kappa shape index (κ2) is 9.10. The zero-order valence-corrected chi connectivity index (χ0v) is 22.1.